The number of hydrogen-bond acceptors (Lipinski definition) is 5. The van der Waals surface area contributed by atoms with E-state index in [1.54, 1.807) is 24.6 Å². The van der Waals surface area contributed by atoms with Gasteiger partial charge in [-0.1, -0.05) is 11.6 Å². The van der Waals surface area contributed by atoms with Crippen molar-refractivity contribution in [1.29, 1.82) is 0 Å². The molecule has 0 saturated heterocycles. The van der Waals surface area contributed by atoms with E-state index in [0.717, 1.165) is 0 Å². The van der Waals surface area contributed by atoms with Crippen molar-refractivity contribution in [3.63, 3.8) is 0 Å². The molecule has 0 aliphatic heterocycles. The molecule has 0 fully saturated rings. The van der Waals surface area contributed by atoms with Gasteiger partial charge in [-0.15, -0.1) is 11.3 Å². The molecule has 0 amide bonds. The second-order valence-electron chi connectivity index (χ2n) is 4.28. The summed E-state index contributed by atoms with van der Waals surface area (Å²) in [4.78, 5) is 32.1. The molecular weight excluding hydrogens is 314 g/mol. The Morgan fingerprint density at radius 1 is 1.38 bits per heavy atom. The third kappa shape index (κ3) is 2.01. The zero-order valence-corrected chi connectivity index (χ0v) is 12.3. The smallest absolute Gasteiger partial charge is 0.342 e. The summed E-state index contributed by atoms with van der Waals surface area (Å²) in [5.74, 6) is -1.37. The molecule has 0 aromatic carbocycles. The van der Waals surface area contributed by atoms with Crippen molar-refractivity contribution in [2.24, 2.45) is 0 Å². The number of aromatic nitrogens is 3. The number of carboxylic acids is 1. The first-order chi connectivity index (χ1) is 10.0. The molecule has 6 nitrogen and oxygen atoms in total. The van der Waals surface area contributed by atoms with Crippen molar-refractivity contribution >= 4 is 39.9 Å². The summed E-state index contributed by atoms with van der Waals surface area (Å²) in [5, 5.41) is 11.5. The zero-order chi connectivity index (χ0) is 15.1. The molecule has 106 valence electrons. The van der Waals surface area contributed by atoms with Crippen LogP contribution in [0.3, 0.4) is 0 Å². The Balaban J connectivity index is 2.61. The van der Waals surface area contributed by atoms with Gasteiger partial charge in [0.05, 0.1) is 5.39 Å². The van der Waals surface area contributed by atoms with E-state index < -0.39 is 17.0 Å². The van der Waals surface area contributed by atoms with Gasteiger partial charge in [-0.2, -0.15) is 0 Å². The molecule has 0 unspecified atom stereocenters. The van der Waals surface area contributed by atoms with E-state index in [9.17, 15) is 14.7 Å². The van der Waals surface area contributed by atoms with Gasteiger partial charge in [-0.05, 0) is 18.6 Å². The van der Waals surface area contributed by atoms with E-state index in [0.29, 0.717) is 16.3 Å². The lowest BCUT2D eigenvalue weighted by Crippen LogP contribution is -2.21. The molecule has 1 N–H and O–H groups in total. The summed E-state index contributed by atoms with van der Waals surface area (Å²) in [6, 6.07) is 1.65. The van der Waals surface area contributed by atoms with Crippen molar-refractivity contribution < 1.29 is 9.90 Å². The van der Waals surface area contributed by atoms with Gasteiger partial charge in [0.15, 0.2) is 10.8 Å². The van der Waals surface area contributed by atoms with Crippen LogP contribution in [0.5, 0.6) is 0 Å². The topological polar surface area (TPSA) is 85.1 Å². The van der Waals surface area contributed by atoms with Gasteiger partial charge in [-0.3, -0.25) is 9.36 Å². The number of fused-ring (bicyclic) bond motifs is 1. The number of halogens is 1. The lowest BCUT2D eigenvalue weighted by atomic mass is 10.1. The number of carboxylic acid groups (broad SMARTS) is 1. The molecule has 0 atom stereocenters. The van der Waals surface area contributed by atoms with Gasteiger partial charge < -0.3 is 5.11 Å². The molecule has 21 heavy (non-hydrogen) atoms. The van der Waals surface area contributed by atoms with Crippen LogP contribution in [0.2, 0.25) is 5.15 Å². The van der Waals surface area contributed by atoms with E-state index in [4.69, 9.17) is 11.6 Å². The van der Waals surface area contributed by atoms with Crippen molar-refractivity contribution in [2.75, 3.05) is 0 Å². The highest BCUT2D eigenvalue weighted by Gasteiger charge is 2.24. The quantitative estimate of drug-likeness (QED) is 0.733. The molecule has 0 aliphatic rings. The van der Waals surface area contributed by atoms with Crippen molar-refractivity contribution in [3.8, 4) is 5.13 Å². The Labute approximate surface area is 127 Å². The third-order valence-electron chi connectivity index (χ3n) is 3.03. The molecule has 3 heterocycles. The van der Waals surface area contributed by atoms with Crippen molar-refractivity contribution in [2.45, 2.75) is 6.92 Å². The second-order valence-corrected chi connectivity index (χ2v) is 5.51. The van der Waals surface area contributed by atoms with E-state index in [2.05, 4.69) is 9.97 Å². The molecule has 3 aromatic rings. The van der Waals surface area contributed by atoms with Crippen LogP contribution >= 0.6 is 22.9 Å². The van der Waals surface area contributed by atoms with Crippen molar-refractivity contribution in [1.82, 2.24) is 14.5 Å². The van der Waals surface area contributed by atoms with Gasteiger partial charge in [0.1, 0.15) is 10.7 Å². The Bertz CT molecular complexity index is 919. The molecule has 8 heteroatoms. The third-order valence-corrected chi connectivity index (χ3v) is 4.15. The number of hydrogen-bond donors (Lipinski definition) is 1. The second kappa shape index (κ2) is 4.94. The number of rotatable bonds is 2. The number of nitrogens with zero attached hydrogens (tertiary/aromatic N) is 3. The van der Waals surface area contributed by atoms with Gasteiger partial charge in [0, 0.05) is 17.8 Å². The summed E-state index contributed by atoms with van der Waals surface area (Å²) in [6.07, 6.45) is 3.11. The molecule has 0 saturated carbocycles. The van der Waals surface area contributed by atoms with E-state index in [1.165, 1.54) is 22.1 Å². The SMILES string of the molecule is Cc1ccnc2c1c(=O)c(C(=O)O)c(Cl)n2-c1nccs1. The van der Waals surface area contributed by atoms with Gasteiger partial charge in [0.2, 0.25) is 5.43 Å². The van der Waals surface area contributed by atoms with Crippen LogP contribution in [-0.4, -0.2) is 25.6 Å². The summed E-state index contributed by atoms with van der Waals surface area (Å²) >= 11 is 7.41. The van der Waals surface area contributed by atoms with E-state index >= 15 is 0 Å². The Morgan fingerprint density at radius 2 is 2.14 bits per heavy atom. The number of aromatic carboxylic acids is 1. The predicted molar refractivity (Wildman–Crippen MR) is 79.7 cm³/mol. The minimum atomic E-state index is -1.37. The lowest BCUT2D eigenvalue weighted by molar-refractivity contribution is 0.0695. The van der Waals surface area contributed by atoms with E-state index in [1.807, 2.05) is 0 Å². The minimum absolute atomic E-state index is 0.201. The maximum absolute atomic E-state index is 12.4. The van der Waals surface area contributed by atoms with Crippen LogP contribution in [0, 0.1) is 6.92 Å². The number of carbonyl (C=O) groups is 1. The molecular formula is C13H8ClN3O3S. The highest BCUT2D eigenvalue weighted by molar-refractivity contribution is 7.12. The molecule has 0 radical (unpaired) electrons. The van der Waals surface area contributed by atoms with Crippen molar-refractivity contribution in [3.05, 3.63) is 50.3 Å². The van der Waals surface area contributed by atoms with Crippen LogP contribution < -0.4 is 5.43 Å². The lowest BCUT2D eigenvalue weighted by Gasteiger charge is -2.12. The molecule has 3 rings (SSSR count). The highest BCUT2D eigenvalue weighted by Crippen LogP contribution is 2.26. The van der Waals surface area contributed by atoms with Gasteiger partial charge in [0.25, 0.3) is 0 Å². The Morgan fingerprint density at radius 3 is 2.76 bits per heavy atom. The Kier molecular flexibility index (Phi) is 3.23. The average Bonchev–Trinajstić information content (AvgIpc) is 2.91. The first-order valence-corrected chi connectivity index (χ1v) is 7.11. The zero-order valence-electron chi connectivity index (χ0n) is 10.7. The first kappa shape index (κ1) is 13.7. The molecule has 0 bridgehead atoms. The summed E-state index contributed by atoms with van der Waals surface area (Å²) < 4.78 is 1.39. The van der Waals surface area contributed by atoms with E-state index in [-0.39, 0.29) is 10.5 Å². The fourth-order valence-corrected chi connectivity index (χ4v) is 3.13. The summed E-state index contributed by atoms with van der Waals surface area (Å²) in [6.45, 7) is 1.72. The fraction of sp³-hybridized carbons (Fsp3) is 0.0769. The van der Waals surface area contributed by atoms with Crippen LogP contribution in [0.25, 0.3) is 16.2 Å². The highest BCUT2D eigenvalue weighted by atomic mass is 35.5. The largest absolute Gasteiger partial charge is 0.477 e. The molecule has 3 aromatic heterocycles. The maximum Gasteiger partial charge on any atom is 0.342 e. The van der Waals surface area contributed by atoms with Crippen LogP contribution in [0.1, 0.15) is 15.9 Å². The summed E-state index contributed by atoms with van der Waals surface area (Å²) in [5.41, 5.74) is -0.184. The standard InChI is InChI=1S/C13H8ClN3O3S/c1-6-2-3-15-11-7(6)9(18)8(12(19)20)10(14)17(11)13-16-4-5-21-13/h2-5H,1H3,(H,19,20). The number of pyridine rings is 2. The monoisotopic (exact) mass is 321 g/mol. The number of thiazole rings is 1. The van der Waals surface area contributed by atoms with Gasteiger partial charge in [-0.25, -0.2) is 14.8 Å². The van der Waals surface area contributed by atoms with Gasteiger partial charge >= 0.3 is 5.97 Å². The van der Waals surface area contributed by atoms with Crippen LogP contribution in [-0.2, 0) is 0 Å². The maximum atomic E-state index is 12.4. The average molecular weight is 322 g/mol. The van der Waals surface area contributed by atoms with Crippen LogP contribution in [0.15, 0.2) is 28.6 Å². The Hall–Kier alpha value is -2.25. The van der Waals surface area contributed by atoms with Crippen LogP contribution in [0.4, 0.5) is 0 Å². The minimum Gasteiger partial charge on any atom is -0.477 e. The molecule has 0 spiro atoms. The fourth-order valence-electron chi connectivity index (χ4n) is 2.10. The predicted octanol–water partition coefficient (Wildman–Crippen LogP) is 2.50. The molecule has 0 aliphatic carbocycles. The first-order valence-electron chi connectivity index (χ1n) is 5.85. The number of aryl methyl sites for hydroxylation is 1. The summed E-state index contributed by atoms with van der Waals surface area (Å²) in [7, 11) is 0. The normalized spacial score (nSPS) is 11.0.